The lowest BCUT2D eigenvalue weighted by Gasteiger charge is -2.26. The van der Waals surface area contributed by atoms with Gasteiger partial charge in [-0.2, -0.15) is 5.26 Å². The van der Waals surface area contributed by atoms with Crippen LogP contribution in [0.4, 0.5) is 0 Å². The van der Waals surface area contributed by atoms with Gasteiger partial charge in [0.25, 0.3) is 0 Å². The van der Waals surface area contributed by atoms with Crippen molar-refractivity contribution in [3.63, 3.8) is 0 Å². The number of likely N-dealkylation sites (N-methyl/N-ethyl adjacent to an activating group) is 1. The van der Waals surface area contributed by atoms with Crippen molar-refractivity contribution >= 4 is 11.9 Å². The summed E-state index contributed by atoms with van der Waals surface area (Å²) in [5, 5.41) is 20.3. The largest absolute Gasteiger partial charge is 0.480 e. The lowest BCUT2D eigenvalue weighted by molar-refractivity contribution is -0.144. The number of nitriles is 1. The lowest BCUT2D eigenvalue weighted by Crippen LogP contribution is -2.52. The van der Waals surface area contributed by atoms with Crippen molar-refractivity contribution in [3.8, 4) is 6.07 Å². The molecule has 2 N–H and O–H groups in total. The van der Waals surface area contributed by atoms with Crippen molar-refractivity contribution in [2.45, 2.75) is 38.6 Å². The van der Waals surface area contributed by atoms with E-state index in [0.717, 1.165) is 0 Å². The van der Waals surface area contributed by atoms with Gasteiger partial charge in [-0.3, -0.25) is 14.9 Å². The number of hydrogen-bond acceptors (Lipinski definition) is 4. The number of carbonyl (C=O) groups excluding carboxylic acids is 1. The molecule has 0 bridgehead atoms. The van der Waals surface area contributed by atoms with Crippen molar-refractivity contribution in [2.75, 3.05) is 20.1 Å². The van der Waals surface area contributed by atoms with E-state index < -0.39 is 11.5 Å². The normalized spacial score (nSPS) is 13.4. The van der Waals surface area contributed by atoms with E-state index in [2.05, 4.69) is 5.32 Å². The van der Waals surface area contributed by atoms with Crippen LogP contribution in [0.5, 0.6) is 0 Å². The second-order valence-corrected chi connectivity index (χ2v) is 4.46. The minimum absolute atomic E-state index is 0.0370. The fraction of sp³-hybridized carbons (Fsp3) is 0.750. The number of carboxylic acid groups (broad SMARTS) is 1. The minimum atomic E-state index is -1.08. The number of carboxylic acids is 1. The van der Waals surface area contributed by atoms with Gasteiger partial charge in [0.15, 0.2) is 0 Å². The third kappa shape index (κ3) is 5.15. The van der Waals surface area contributed by atoms with Crippen molar-refractivity contribution < 1.29 is 14.7 Å². The third-order valence-corrected chi connectivity index (χ3v) is 2.84. The third-order valence-electron chi connectivity index (χ3n) is 2.84. The van der Waals surface area contributed by atoms with Gasteiger partial charge in [0.2, 0.25) is 5.91 Å². The highest BCUT2D eigenvalue weighted by Crippen LogP contribution is 2.12. The van der Waals surface area contributed by atoms with E-state index in [1.165, 1.54) is 4.90 Å². The molecular weight excluding hydrogens is 234 g/mol. The van der Waals surface area contributed by atoms with Crippen LogP contribution in [0.3, 0.4) is 0 Å². The molecule has 0 aromatic rings. The lowest BCUT2D eigenvalue weighted by atomic mass is 9.96. The van der Waals surface area contributed by atoms with Gasteiger partial charge in [0, 0.05) is 13.6 Å². The number of nitrogens with zero attached hydrogens (tertiary/aromatic N) is 2. The molecule has 0 saturated heterocycles. The number of rotatable bonds is 8. The monoisotopic (exact) mass is 255 g/mol. The van der Waals surface area contributed by atoms with E-state index in [0.29, 0.717) is 19.4 Å². The average Bonchev–Trinajstić information content (AvgIpc) is 2.33. The van der Waals surface area contributed by atoms with Crippen LogP contribution in [0.15, 0.2) is 0 Å². The van der Waals surface area contributed by atoms with E-state index in [-0.39, 0.29) is 18.9 Å². The van der Waals surface area contributed by atoms with Gasteiger partial charge in [0.1, 0.15) is 5.54 Å². The van der Waals surface area contributed by atoms with Crippen LogP contribution < -0.4 is 5.32 Å². The molecule has 0 spiro atoms. The second-order valence-electron chi connectivity index (χ2n) is 4.46. The highest BCUT2D eigenvalue weighted by Gasteiger charge is 2.32. The summed E-state index contributed by atoms with van der Waals surface area (Å²) in [5.41, 5.74) is -1.08. The van der Waals surface area contributed by atoms with Gasteiger partial charge in [-0.05, 0) is 13.3 Å². The maximum atomic E-state index is 11.7. The Hall–Kier alpha value is -1.61. The number of hydrogen-bond donors (Lipinski definition) is 2. The van der Waals surface area contributed by atoms with Crippen LogP contribution in [0.25, 0.3) is 0 Å². The molecule has 0 saturated carbocycles. The van der Waals surface area contributed by atoms with Crippen molar-refractivity contribution in [3.05, 3.63) is 0 Å². The molecule has 1 unspecified atom stereocenters. The predicted octanol–water partition coefficient (Wildman–Crippen LogP) is 0.591. The maximum absolute atomic E-state index is 11.7. The van der Waals surface area contributed by atoms with E-state index in [1.54, 1.807) is 14.0 Å². The molecule has 0 aromatic carbocycles. The van der Waals surface area contributed by atoms with Crippen LogP contribution in [-0.4, -0.2) is 47.6 Å². The molecule has 0 aliphatic rings. The first-order valence-electron chi connectivity index (χ1n) is 5.96. The molecule has 0 aromatic heterocycles. The summed E-state index contributed by atoms with van der Waals surface area (Å²) < 4.78 is 0. The molecule has 1 amide bonds. The van der Waals surface area contributed by atoms with Crippen LogP contribution in [-0.2, 0) is 9.59 Å². The topological polar surface area (TPSA) is 93.4 Å². The number of aliphatic carboxylic acids is 1. The molecule has 102 valence electrons. The van der Waals surface area contributed by atoms with Gasteiger partial charge in [0.05, 0.1) is 19.0 Å². The molecule has 0 rings (SSSR count). The van der Waals surface area contributed by atoms with E-state index >= 15 is 0 Å². The van der Waals surface area contributed by atoms with Gasteiger partial charge in [-0.25, -0.2) is 0 Å². The Balaban J connectivity index is 4.32. The van der Waals surface area contributed by atoms with Gasteiger partial charge in [-0.1, -0.05) is 13.3 Å². The minimum Gasteiger partial charge on any atom is -0.480 e. The maximum Gasteiger partial charge on any atom is 0.323 e. The summed E-state index contributed by atoms with van der Waals surface area (Å²) in [7, 11) is 1.60. The first-order valence-corrected chi connectivity index (χ1v) is 5.96. The van der Waals surface area contributed by atoms with Crippen molar-refractivity contribution in [2.24, 2.45) is 0 Å². The summed E-state index contributed by atoms with van der Waals surface area (Å²) in [4.78, 5) is 24.2. The van der Waals surface area contributed by atoms with Crippen LogP contribution >= 0.6 is 0 Å². The summed E-state index contributed by atoms with van der Waals surface area (Å²) in [6.45, 7) is 3.78. The first-order chi connectivity index (χ1) is 8.37. The van der Waals surface area contributed by atoms with Crippen molar-refractivity contribution in [1.82, 2.24) is 10.2 Å². The Labute approximate surface area is 108 Å². The summed E-state index contributed by atoms with van der Waals surface area (Å²) in [5.74, 6) is -1.18. The Bertz CT molecular complexity index is 338. The molecule has 0 fully saturated rings. The number of amides is 1. The highest BCUT2D eigenvalue weighted by molar-refractivity contribution is 5.81. The molecule has 18 heavy (non-hydrogen) atoms. The van der Waals surface area contributed by atoms with Crippen molar-refractivity contribution in [1.29, 1.82) is 5.26 Å². The molecule has 0 radical (unpaired) electrons. The summed E-state index contributed by atoms with van der Waals surface area (Å²) in [6, 6.07) is 1.96. The molecule has 0 heterocycles. The molecule has 0 aliphatic carbocycles. The molecule has 1 atom stereocenters. The van der Waals surface area contributed by atoms with Gasteiger partial charge < -0.3 is 10.0 Å². The second kappa shape index (κ2) is 7.67. The Kier molecular flexibility index (Phi) is 6.98. The summed E-state index contributed by atoms with van der Waals surface area (Å²) in [6.07, 6.45) is 1.44. The molecule has 0 aliphatic heterocycles. The Morgan fingerprint density at radius 3 is 2.56 bits per heavy atom. The predicted molar refractivity (Wildman–Crippen MR) is 66.8 cm³/mol. The van der Waals surface area contributed by atoms with E-state index in [1.807, 2.05) is 13.0 Å². The molecule has 6 heteroatoms. The quantitative estimate of drug-likeness (QED) is 0.662. The van der Waals surface area contributed by atoms with Crippen LogP contribution in [0.2, 0.25) is 0 Å². The molecular formula is C12H21N3O3. The van der Waals surface area contributed by atoms with Crippen LogP contribution in [0.1, 0.15) is 33.1 Å². The zero-order valence-corrected chi connectivity index (χ0v) is 11.2. The van der Waals surface area contributed by atoms with Gasteiger partial charge >= 0.3 is 5.97 Å². The summed E-state index contributed by atoms with van der Waals surface area (Å²) >= 11 is 0. The van der Waals surface area contributed by atoms with Crippen LogP contribution in [0, 0.1) is 11.3 Å². The van der Waals surface area contributed by atoms with Gasteiger partial charge in [-0.15, -0.1) is 0 Å². The van der Waals surface area contributed by atoms with E-state index in [9.17, 15) is 9.59 Å². The fourth-order valence-electron chi connectivity index (χ4n) is 1.52. The zero-order chi connectivity index (χ0) is 14.2. The standard InChI is InChI=1S/C12H21N3O3/c1-4-6-12(2,11(17)18)14-9-10(16)15(3)8-5-7-13/h14H,4-6,8-9H2,1-3H3,(H,17,18). The van der Waals surface area contributed by atoms with E-state index in [4.69, 9.17) is 10.4 Å². The Morgan fingerprint density at radius 2 is 2.11 bits per heavy atom. The fourth-order valence-corrected chi connectivity index (χ4v) is 1.52. The number of nitrogens with one attached hydrogen (secondary N) is 1. The smallest absolute Gasteiger partial charge is 0.323 e. The first kappa shape index (κ1) is 16.4. The highest BCUT2D eigenvalue weighted by atomic mass is 16.4. The SMILES string of the molecule is CCCC(C)(NCC(=O)N(C)CCC#N)C(=O)O. The Morgan fingerprint density at radius 1 is 1.50 bits per heavy atom. The average molecular weight is 255 g/mol. The number of carbonyl (C=O) groups is 2. The molecule has 6 nitrogen and oxygen atoms in total. The zero-order valence-electron chi connectivity index (χ0n) is 11.2.